The molecule has 34 heavy (non-hydrogen) atoms. The van der Waals surface area contributed by atoms with Crippen LogP contribution in [-0.4, -0.2) is 68.7 Å². The van der Waals surface area contributed by atoms with Crippen molar-refractivity contribution in [3.05, 3.63) is 59.7 Å². The van der Waals surface area contributed by atoms with Gasteiger partial charge in [0.25, 0.3) is 0 Å². The third-order valence-electron chi connectivity index (χ3n) is 5.75. The number of methoxy groups -OCH3 is 1. The van der Waals surface area contributed by atoms with E-state index in [4.69, 9.17) is 19.3 Å². The zero-order valence-corrected chi connectivity index (χ0v) is 19.3. The lowest BCUT2D eigenvalue weighted by molar-refractivity contribution is -0.138. The Kier molecular flexibility index (Phi) is 9.00. The SMILES string of the molecule is COC(C)C(NC(=O)OCC1c2ccccc2-c2ccccc21)C(=O)NCCOCCC(=O)O. The van der Waals surface area contributed by atoms with Crippen molar-refractivity contribution < 1.29 is 33.7 Å². The molecule has 0 radical (unpaired) electrons. The summed E-state index contributed by atoms with van der Waals surface area (Å²) in [7, 11) is 1.44. The third-order valence-corrected chi connectivity index (χ3v) is 5.75. The van der Waals surface area contributed by atoms with E-state index < -0.39 is 30.1 Å². The van der Waals surface area contributed by atoms with Crippen LogP contribution in [0, 0.1) is 0 Å². The number of carbonyl (C=O) groups excluding carboxylic acids is 2. The van der Waals surface area contributed by atoms with Gasteiger partial charge in [-0.05, 0) is 29.2 Å². The molecule has 9 nitrogen and oxygen atoms in total. The number of carboxylic acids is 1. The average Bonchev–Trinajstić information content (AvgIpc) is 3.16. The summed E-state index contributed by atoms with van der Waals surface area (Å²) in [5, 5.41) is 13.8. The largest absolute Gasteiger partial charge is 0.481 e. The van der Waals surface area contributed by atoms with Crippen LogP contribution in [0.15, 0.2) is 48.5 Å². The van der Waals surface area contributed by atoms with E-state index in [2.05, 4.69) is 22.8 Å². The molecule has 2 unspecified atom stereocenters. The van der Waals surface area contributed by atoms with Crippen molar-refractivity contribution in [3.63, 3.8) is 0 Å². The second-order valence-corrected chi connectivity index (χ2v) is 7.94. The summed E-state index contributed by atoms with van der Waals surface area (Å²) >= 11 is 0. The Balaban J connectivity index is 1.54. The number of nitrogens with one attached hydrogen (secondary N) is 2. The molecule has 3 rings (SSSR count). The molecule has 0 heterocycles. The van der Waals surface area contributed by atoms with Gasteiger partial charge in [-0.3, -0.25) is 9.59 Å². The van der Waals surface area contributed by atoms with Gasteiger partial charge in [0.1, 0.15) is 12.6 Å². The van der Waals surface area contributed by atoms with E-state index in [-0.39, 0.29) is 38.7 Å². The number of hydrogen-bond acceptors (Lipinski definition) is 6. The molecule has 182 valence electrons. The summed E-state index contributed by atoms with van der Waals surface area (Å²) < 4.78 is 15.9. The molecule has 2 atom stereocenters. The smallest absolute Gasteiger partial charge is 0.407 e. The fourth-order valence-corrected chi connectivity index (χ4v) is 3.92. The van der Waals surface area contributed by atoms with E-state index in [1.54, 1.807) is 6.92 Å². The zero-order valence-electron chi connectivity index (χ0n) is 19.3. The fraction of sp³-hybridized carbons (Fsp3) is 0.400. The summed E-state index contributed by atoms with van der Waals surface area (Å²) in [5.74, 6) is -1.50. The Morgan fingerprint density at radius 2 is 1.62 bits per heavy atom. The van der Waals surface area contributed by atoms with Crippen LogP contribution in [0.25, 0.3) is 11.1 Å². The van der Waals surface area contributed by atoms with E-state index in [1.165, 1.54) is 7.11 Å². The van der Waals surface area contributed by atoms with Crippen molar-refractivity contribution in [1.29, 1.82) is 0 Å². The Bertz CT molecular complexity index is 965. The minimum absolute atomic E-state index is 0.0567. The van der Waals surface area contributed by atoms with Crippen LogP contribution in [0.2, 0.25) is 0 Å². The van der Waals surface area contributed by atoms with Crippen LogP contribution >= 0.6 is 0 Å². The van der Waals surface area contributed by atoms with Crippen LogP contribution < -0.4 is 10.6 Å². The topological polar surface area (TPSA) is 123 Å². The second-order valence-electron chi connectivity index (χ2n) is 7.94. The van der Waals surface area contributed by atoms with E-state index in [9.17, 15) is 14.4 Å². The molecule has 2 aromatic rings. The molecule has 1 aliphatic rings. The van der Waals surface area contributed by atoms with Gasteiger partial charge in [0.15, 0.2) is 0 Å². The Hall–Kier alpha value is -3.43. The molecule has 2 aromatic carbocycles. The van der Waals surface area contributed by atoms with Crippen molar-refractivity contribution >= 4 is 18.0 Å². The van der Waals surface area contributed by atoms with Crippen LogP contribution in [0.1, 0.15) is 30.4 Å². The number of benzene rings is 2. The number of amides is 2. The van der Waals surface area contributed by atoms with E-state index in [0.29, 0.717) is 0 Å². The van der Waals surface area contributed by atoms with E-state index in [1.807, 2.05) is 36.4 Å². The number of carboxylic acid groups (broad SMARTS) is 1. The number of ether oxygens (including phenoxy) is 3. The van der Waals surface area contributed by atoms with Crippen LogP contribution in [0.5, 0.6) is 0 Å². The predicted octanol–water partition coefficient (Wildman–Crippen LogP) is 2.54. The van der Waals surface area contributed by atoms with Gasteiger partial charge in [-0.25, -0.2) is 4.79 Å². The monoisotopic (exact) mass is 470 g/mol. The molecule has 0 aliphatic heterocycles. The Labute approximate surface area is 198 Å². The van der Waals surface area contributed by atoms with E-state index >= 15 is 0 Å². The van der Waals surface area contributed by atoms with Gasteiger partial charge in [-0.1, -0.05) is 48.5 Å². The van der Waals surface area contributed by atoms with Crippen LogP contribution in [0.4, 0.5) is 4.79 Å². The second kappa shape index (κ2) is 12.2. The first-order valence-corrected chi connectivity index (χ1v) is 11.1. The summed E-state index contributed by atoms with van der Waals surface area (Å²) in [6.45, 7) is 2.17. The third kappa shape index (κ3) is 6.33. The molecule has 0 aromatic heterocycles. The molecule has 0 bridgehead atoms. The number of rotatable bonds is 12. The maximum Gasteiger partial charge on any atom is 0.407 e. The Morgan fingerprint density at radius 1 is 1.00 bits per heavy atom. The number of fused-ring (bicyclic) bond motifs is 3. The number of carbonyl (C=O) groups is 3. The standard InChI is InChI=1S/C25H30N2O7/c1-16(32-2)23(24(30)26-12-14-33-13-11-22(28)29)27-25(31)34-15-21-19-9-5-3-7-17(19)18-8-4-6-10-20(18)21/h3-10,16,21,23H,11-15H2,1-2H3,(H,26,30)(H,27,31)(H,28,29). The molecule has 9 heteroatoms. The highest BCUT2D eigenvalue weighted by molar-refractivity contribution is 5.86. The molecule has 0 spiro atoms. The molecule has 0 saturated carbocycles. The lowest BCUT2D eigenvalue weighted by atomic mass is 9.98. The quantitative estimate of drug-likeness (QED) is 0.407. The van der Waals surface area contributed by atoms with Crippen molar-refractivity contribution in [3.8, 4) is 11.1 Å². The normalized spacial score (nSPS) is 13.9. The maximum atomic E-state index is 12.6. The van der Waals surface area contributed by atoms with E-state index in [0.717, 1.165) is 22.3 Å². The van der Waals surface area contributed by atoms with Crippen molar-refractivity contribution in [2.75, 3.05) is 33.5 Å². The van der Waals surface area contributed by atoms with Gasteiger partial charge in [-0.2, -0.15) is 0 Å². The van der Waals surface area contributed by atoms with Crippen molar-refractivity contribution in [1.82, 2.24) is 10.6 Å². The van der Waals surface area contributed by atoms with Gasteiger partial charge in [-0.15, -0.1) is 0 Å². The summed E-state index contributed by atoms with van der Waals surface area (Å²) in [6, 6.07) is 15.1. The van der Waals surface area contributed by atoms with Crippen molar-refractivity contribution in [2.24, 2.45) is 0 Å². The molecule has 1 aliphatic carbocycles. The number of hydrogen-bond donors (Lipinski definition) is 3. The Morgan fingerprint density at radius 3 is 2.21 bits per heavy atom. The zero-order chi connectivity index (χ0) is 24.5. The highest BCUT2D eigenvalue weighted by atomic mass is 16.5. The molecule has 3 N–H and O–H groups in total. The maximum absolute atomic E-state index is 12.6. The van der Waals surface area contributed by atoms with Crippen molar-refractivity contribution in [2.45, 2.75) is 31.4 Å². The molecular weight excluding hydrogens is 440 g/mol. The highest BCUT2D eigenvalue weighted by Gasteiger charge is 2.31. The first kappa shape index (κ1) is 25.2. The average molecular weight is 471 g/mol. The highest BCUT2D eigenvalue weighted by Crippen LogP contribution is 2.44. The van der Waals surface area contributed by atoms with Gasteiger partial charge in [0.2, 0.25) is 5.91 Å². The number of alkyl carbamates (subject to hydrolysis) is 1. The summed E-state index contributed by atoms with van der Waals surface area (Å²) in [4.78, 5) is 35.7. The molecular formula is C25H30N2O7. The number of aliphatic carboxylic acids is 1. The van der Waals surface area contributed by atoms with Crippen LogP contribution in [0.3, 0.4) is 0 Å². The summed E-state index contributed by atoms with van der Waals surface area (Å²) in [5.41, 5.74) is 4.45. The van der Waals surface area contributed by atoms with Gasteiger partial charge in [0, 0.05) is 19.6 Å². The lowest BCUT2D eigenvalue weighted by Crippen LogP contribution is -2.53. The minimum Gasteiger partial charge on any atom is -0.481 e. The van der Waals surface area contributed by atoms with Crippen LogP contribution in [-0.2, 0) is 23.8 Å². The molecule has 2 amide bonds. The predicted molar refractivity (Wildman–Crippen MR) is 125 cm³/mol. The van der Waals surface area contributed by atoms with Gasteiger partial charge < -0.3 is 30.0 Å². The first-order chi connectivity index (χ1) is 16.4. The fourth-order valence-electron chi connectivity index (χ4n) is 3.92. The minimum atomic E-state index is -0.973. The summed E-state index contributed by atoms with van der Waals surface area (Å²) in [6.07, 6.45) is -1.43. The molecule has 0 saturated heterocycles. The van der Waals surface area contributed by atoms with Gasteiger partial charge >= 0.3 is 12.1 Å². The lowest BCUT2D eigenvalue weighted by Gasteiger charge is -2.23. The first-order valence-electron chi connectivity index (χ1n) is 11.1. The molecule has 0 fully saturated rings. The van der Waals surface area contributed by atoms with Gasteiger partial charge in [0.05, 0.1) is 25.7 Å².